The summed E-state index contributed by atoms with van der Waals surface area (Å²) in [4.78, 5) is 0. The third-order valence-corrected chi connectivity index (χ3v) is 2.55. The number of amidine groups is 1. The lowest BCUT2D eigenvalue weighted by atomic mass is 10.1. The van der Waals surface area contributed by atoms with Gasteiger partial charge in [-0.3, -0.25) is 5.41 Å². The number of halogens is 2. The van der Waals surface area contributed by atoms with E-state index in [1.807, 2.05) is 0 Å². The van der Waals surface area contributed by atoms with Crippen molar-refractivity contribution < 1.29 is 13.5 Å². The molecule has 0 saturated carbocycles. The zero-order valence-electron chi connectivity index (χ0n) is 9.99. The molecule has 0 aliphatic carbocycles. The van der Waals surface area contributed by atoms with E-state index < -0.39 is 11.6 Å². The summed E-state index contributed by atoms with van der Waals surface area (Å²) >= 11 is 0. The third kappa shape index (κ3) is 3.28. The lowest BCUT2D eigenvalue weighted by Gasteiger charge is -2.10. The quantitative estimate of drug-likeness (QED) is 0.657. The fraction of sp³-hybridized carbons (Fsp3) is 0.0714. The average molecular weight is 262 g/mol. The van der Waals surface area contributed by atoms with E-state index >= 15 is 0 Å². The predicted molar refractivity (Wildman–Crippen MR) is 68.1 cm³/mol. The minimum absolute atomic E-state index is 0.0820. The largest absolute Gasteiger partial charge is 0.489 e. The third-order valence-electron chi connectivity index (χ3n) is 2.55. The Morgan fingerprint density at radius 3 is 2.53 bits per heavy atom. The van der Waals surface area contributed by atoms with Crippen LogP contribution in [-0.2, 0) is 6.61 Å². The van der Waals surface area contributed by atoms with Crippen LogP contribution in [0.3, 0.4) is 0 Å². The number of nitrogens with one attached hydrogen (secondary N) is 1. The molecule has 0 heterocycles. The average Bonchev–Trinajstić information content (AvgIpc) is 2.37. The van der Waals surface area contributed by atoms with Crippen molar-refractivity contribution in [2.75, 3.05) is 0 Å². The van der Waals surface area contributed by atoms with Gasteiger partial charge in [-0.2, -0.15) is 0 Å². The predicted octanol–water partition coefficient (Wildman–Crippen LogP) is 2.83. The highest BCUT2D eigenvalue weighted by Crippen LogP contribution is 2.17. The maximum Gasteiger partial charge on any atom is 0.126 e. The minimum atomic E-state index is -0.472. The van der Waals surface area contributed by atoms with Crippen LogP contribution < -0.4 is 10.5 Å². The maximum absolute atomic E-state index is 13.1. The number of hydrogen-bond donors (Lipinski definition) is 2. The summed E-state index contributed by atoms with van der Waals surface area (Å²) in [5, 5.41) is 7.39. The zero-order chi connectivity index (χ0) is 13.8. The lowest BCUT2D eigenvalue weighted by Crippen LogP contribution is -2.15. The summed E-state index contributed by atoms with van der Waals surface area (Å²) in [6, 6.07) is 9.62. The van der Waals surface area contributed by atoms with Gasteiger partial charge in [-0.1, -0.05) is 12.1 Å². The first-order valence-electron chi connectivity index (χ1n) is 5.57. The molecule has 98 valence electrons. The Morgan fingerprint density at radius 2 is 1.84 bits per heavy atom. The molecule has 0 fully saturated rings. The van der Waals surface area contributed by atoms with E-state index in [2.05, 4.69) is 0 Å². The summed E-state index contributed by atoms with van der Waals surface area (Å²) in [5.74, 6) is -0.751. The molecular formula is C14H12F2N2O. The molecule has 3 nitrogen and oxygen atoms in total. The van der Waals surface area contributed by atoms with Gasteiger partial charge in [0.05, 0.1) is 0 Å². The normalized spacial score (nSPS) is 10.2. The number of hydrogen-bond acceptors (Lipinski definition) is 2. The Hall–Kier alpha value is -2.43. The second kappa shape index (κ2) is 5.48. The van der Waals surface area contributed by atoms with Gasteiger partial charge in [0.15, 0.2) is 0 Å². The second-order valence-corrected chi connectivity index (χ2v) is 3.96. The van der Waals surface area contributed by atoms with Crippen molar-refractivity contribution >= 4 is 5.84 Å². The van der Waals surface area contributed by atoms with Crippen molar-refractivity contribution in [2.45, 2.75) is 6.61 Å². The van der Waals surface area contributed by atoms with Crippen LogP contribution in [0.1, 0.15) is 11.1 Å². The van der Waals surface area contributed by atoms with Crippen LogP contribution in [0.4, 0.5) is 8.78 Å². The highest BCUT2D eigenvalue weighted by atomic mass is 19.1. The van der Waals surface area contributed by atoms with Crippen LogP contribution in [0.5, 0.6) is 5.75 Å². The van der Waals surface area contributed by atoms with Crippen molar-refractivity contribution in [3.05, 3.63) is 65.2 Å². The van der Waals surface area contributed by atoms with Gasteiger partial charge >= 0.3 is 0 Å². The fourth-order valence-corrected chi connectivity index (χ4v) is 1.64. The summed E-state index contributed by atoms with van der Waals surface area (Å²) in [6.07, 6.45) is 0. The van der Waals surface area contributed by atoms with Crippen LogP contribution in [0, 0.1) is 17.0 Å². The van der Waals surface area contributed by atoms with Crippen molar-refractivity contribution in [1.82, 2.24) is 0 Å². The van der Waals surface area contributed by atoms with E-state index in [4.69, 9.17) is 15.9 Å². The summed E-state index contributed by atoms with van der Waals surface area (Å²) < 4.78 is 31.4. The standard InChI is InChI=1S/C14H12F2N2O/c15-10-2-1-3-12(6-10)19-8-9-4-5-11(16)7-13(9)14(17)18/h1-7H,8H2,(H3,17,18). The molecule has 0 atom stereocenters. The molecular weight excluding hydrogens is 250 g/mol. The molecule has 0 aliphatic rings. The molecule has 5 heteroatoms. The van der Waals surface area contributed by atoms with E-state index in [0.717, 1.165) is 0 Å². The summed E-state index contributed by atoms with van der Waals surface area (Å²) in [5.41, 5.74) is 6.22. The van der Waals surface area contributed by atoms with Crippen molar-refractivity contribution in [3.63, 3.8) is 0 Å². The van der Waals surface area contributed by atoms with Gasteiger partial charge in [-0.05, 0) is 24.3 Å². The first kappa shape index (κ1) is 13.0. The molecule has 0 radical (unpaired) electrons. The van der Waals surface area contributed by atoms with Crippen molar-refractivity contribution in [2.24, 2.45) is 5.73 Å². The van der Waals surface area contributed by atoms with E-state index in [0.29, 0.717) is 11.3 Å². The van der Waals surface area contributed by atoms with E-state index in [9.17, 15) is 8.78 Å². The van der Waals surface area contributed by atoms with E-state index in [-0.39, 0.29) is 18.0 Å². The smallest absolute Gasteiger partial charge is 0.126 e. The molecule has 3 N–H and O–H groups in total. The molecule has 0 aliphatic heterocycles. The van der Waals surface area contributed by atoms with Crippen LogP contribution >= 0.6 is 0 Å². The molecule has 19 heavy (non-hydrogen) atoms. The molecule has 0 unspecified atom stereocenters. The van der Waals surface area contributed by atoms with Gasteiger partial charge in [0, 0.05) is 17.2 Å². The molecule has 0 aromatic heterocycles. The number of ether oxygens (including phenoxy) is 1. The first-order valence-corrected chi connectivity index (χ1v) is 5.57. The number of rotatable bonds is 4. The van der Waals surface area contributed by atoms with Crippen LogP contribution in [0.15, 0.2) is 42.5 Å². The topological polar surface area (TPSA) is 59.1 Å². The van der Waals surface area contributed by atoms with Gasteiger partial charge in [0.25, 0.3) is 0 Å². The SMILES string of the molecule is N=C(N)c1cc(F)ccc1COc1cccc(F)c1. The monoisotopic (exact) mass is 262 g/mol. The highest BCUT2D eigenvalue weighted by molar-refractivity contribution is 5.96. The van der Waals surface area contributed by atoms with E-state index in [1.165, 1.54) is 36.4 Å². The Balaban J connectivity index is 2.17. The molecule has 0 spiro atoms. The zero-order valence-corrected chi connectivity index (χ0v) is 9.99. The minimum Gasteiger partial charge on any atom is -0.489 e. The van der Waals surface area contributed by atoms with Gasteiger partial charge < -0.3 is 10.5 Å². The number of nitrogen functional groups attached to an aromatic ring is 1. The molecule has 2 rings (SSSR count). The molecule has 2 aromatic rings. The number of benzene rings is 2. The van der Waals surface area contributed by atoms with Crippen molar-refractivity contribution in [1.29, 1.82) is 5.41 Å². The van der Waals surface area contributed by atoms with Crippen molar-refractivity contribution in [3.8, 4) is 5.75 Å². The van der Waals surface area contributed by atoms with Gasteiger partial charge in [-0.15, -0.1) is 0 Å². The fourth-order valence-electron chi connectivity index (χ4n) is 1.64. The first-order chi connectivity index (χ1) is 9.06. The van der Waals surface area contributed by atoms with Gasteiger partial charge in [0.1, 0.15) is 29.8 Å². The van der Waals surface area contributed by atoms with Crippen LogP contribution in [0.25, 0.3) is 0 Å². The summed E-state index contributed by atoms with van der Waals surface area (Å²) in [6.45, 7) is 0.0820. The molecule has 0 amide bonds. The maximum atomic E-state index is 13.1. The number of nitrogens with two attached hydrogens (primary N) is 1. The Bertz CT molecular complexity index is 614. The summed E-state index contributed by atoms with van der Waals surface area (Å²) in [7, 11) is 0. The van der Waals surface area contributed by atoms with E-state index in [1.54, 1.807) is 6.07 Å². The Labute approximate surface area is 109 Å². The lowest BCUT2D eigenvalue weighted by molar-refractivity contribution is 0.304. The Kier molecular flexibility index (Phi) is 3.75. The molecule has 2 aromatic carbocycles. The Morgan fingerprint density at radius 1 is 1.11 bits per heavy atom. The second-order valence-electron chi connectivity index (χ2n) is 3.96. The van der Waals surface area contributed by atoms with Crippen LogP contribution in [0.2, 0.25) is 0 Å². The van der Waals surface area contributed by atoms with Gasteiger partial charge in [-0.25, -0.2) is 8.78 Å². The molecule has 0 saturated heterocycles. The van der Waals surface area contributed by atoms with Crippen LogP contribution in [-0.4, -0.2) is 5.84 Å². The molecule has 0 bridgehead atoms. The highest BCUT2D eigenvalue weighted by Gasteiger charge is 2.08. The van der Waals surface area contributed by atoms with Gasteiger partial charge in [0.2, 0.25) is 0 Å².